The van der Waals surface area contributed by atoms with Crippen LogP contribution in [0.25, 0.3) is 0 Å². The number of rotatable bonds is 10. The molecule has 160 valence electrons. The molecule has 1 aromatic rings. The molecule has 6 N–H and O–H groups in total. The summed E-state index contributed by atoms with van der Waals surface area (Å²) in [4.78, 5) is 48.4. The molecule has 1 rings (SSSR count). The van der Waals surface area contributed by atoms with Gasteiger partial charge in [-0.05, 0) is 25.3 Å². The number of benzene rings is 1. The molecule has 0 heterocycles. The van der Waals surface area contributed by atoms with E-state index in [1.807, 2.05) is 6.07 Å². The predicted molar refractivity (Wildman–Crippen MR) is 108 cm³/mol. The molecule has 1 aromatic carbocycles. The standard InChI is InChI=1S/C20H30N4O5/c1-11(2)16(24-17(25)12(3)21)19(27)23-15(10-14-8-6-5-7-9-14)18(26)22-13(4)20(28)29/h5-9,11-13,15-16H,10,21H2,1-4H3,(H,22,26)(H,23,27)(H,24,25)(H,28,29). The van der Waals surface area contributed by atoms with Gasteiger partial charge in [0, 0.05) is 6.42 Å². The molecule has 29 heavy (non-hydrogen) atoms. The van der Waals surface area contributed by atoms with Crippen LogP contribution in [0.1, 0.15) is 33.3 Å². The second kappa shape index (κ2) is 11.2. The van der Waals surface area contributed by atoms with Gasteiger partial charge >= 0.3 is 5.97 Å². The quantitative estimate of drug-likeness (QED) is 0.363. The van der Waals surface area contributed by atoms with Crippen LogP contribution in [-0.2, 0) is 25.6 Å². The molecule has 0 aliphatic heterocycles. The molecule has 9 nitrogen and oxygen atoms in total. The molecule has 0 saturated heterocycles. The first-order valence-electron chi connectivity index (χ1n) is 9.46. The molecular weight excluding hydrogens is 376 g/mol. The van der Waals surface area contributed by atoms with Crippen molar-refractivity contribution in [2.75, 3.05) is 0 Å². The van der Waals surface area contributed by atoms with Crippen molar-refractivity contribution in [3.05, 3.63) is 35.9 Å². The van der Waals surface area contributed by atoms with Crippen molar-refractivity contribution in [3.63, 3.8) is 0 Å². The maximum Gasteiger partial charge on any atom is 0.325 e. The van der Waals surface area contributed by atoms with E-state index in [-0.39, 0.29) is 12.3 Å². The summed E-state index contributed by atoms with van der Waals surface area (Å²) in [7, 11) is 0. The van der Waals surface area contributed by atoms with Gasteiger partial charge in [-0.3, -0.25) is 19.2 Å². The third kappa shape index (κ3) is 7.90. The highest BCUT2D eigenvalue weighted by molar-refractivity contribution is 5.94. The molecule has 9 heteroatoms. The molecule has 0 fully saturated rings. The van der Waals surface area contributed by atoms with E-state index >= 15 is 0 Å². The minimum Gasteiger partial charge on any atom is -0.480 e. The summed E-state index contributed by atoms with van der Waals surface area (Å²) in [5, 5.41) is 16.6. The van der Waals surface area contributed by atoms with Crippen LogP contribution in [0.15, 0.2) is 30.3 Å². The smallest absolute Gasteiger partial charge is 0.325 e. The van der Waals surface area contributed by atoms with Crippen LogP contribution in [0.3, 0.4) is 0 Å². The maximum atomic E-state index is 12.8. The van der Waals surface area contributed by atoms with E-state index in [2.05, 4.69) is 16.0 Å². The zero-order chi connectivity index (χ0) is 22.1. The summed E-state index contributed by atoms with van der Waals surface area (Å²) in [6.45, 7) is 6.35. The number of carbonyl (C=O) groups is 4. The van der Waals surface area contributed by atoms with Crippen molar-refractivity contribution in [1.29, 1.82) is 0 Å². The van der Waals surface area contributed by atoms with E-state index in [9.17, 15) is 19.2 Å². The molecule has 0 aliphatic rings. The Labute approximate surface area is 170 Å². The zero-order valence-electron chi connectivity index (χ0n) is 17.1. The summed E-state index contributed by atoms with van der Waals surface area (Å²) in [6, 6.07) is 5.20. The molecule has 4 atom stereocenters. The van der Waals surface area contributed by atoms with Crippen LogP contribution >= 0.6 is 0 Å². The number of carboxylic acids is 1. The van der Waals surface area contributed by atoms with E-state index in [1.165, 1.54) is 13.8 Å². The van der Waals surface area contributed by atoms with Crippen molar-refractivity contribution in [1.82, 2.24) is 16.0 Å². The number of amides is 3. The molecule has 0 aliphatic carbocycles. The highest BCUT2D eigenvalue weighted by Gasteiger charge is 2.30. The van der Waals surface area contributed by atoms with E-state index in [1.54, 1.807) is 38.1 Å². The van der Waals surface area contributed by atoms with Crippen LogP contribution < -0.4 is 21.7 Å². The van der Waals surface area contributed by atoms with Gasteiger partial charge in [0.1, 0.15) is 18.1 Å². The van der Waals surface area contributed by atoms with Crippen molar-refractivity contribution in [2.24, 2.45) is 11.7 Å². The fourth-order valence-electron chi connectivity index (χ4n) is 2.52. The first kappa shape index (κ1) is 24.1. The number of aliphatic carboxylic acids is 1. The Morgan fingerprint density at radius 2 is 1.48 bits per heavy atom. The van der Waals surface area contributed by atoms with Crippen LogP contribution in [-0.4, -0.2) is 53.0 Å². The van der Waals surface area contributed by atoms with Gasteiger partial charge in [0.25, 0.3) is 0 Å². The Kier molecular flexibility index (Phi) is 9.27. The van der Waals surface area contributed by atoms with E-state index in [0.717, 1.165) is 5.56 Å². The second-order valence-electron chi connectivity index (χ2n) is 7.34. The molecule has 0 spiro atoms. The van der Waals surface area contributed by atoms with Gasteiger partial charge in [0.2, 0.25) is 17.7 Å². The monoisotopic (exact) mass is 406 g/mol. The third-order valence-corrected chi connectivity index (χ3v) is 4.31. The minimum atomic E-state index is -1.19. The van der Waals surface area contributed by atoms with E-state index < -0.39 is 47.9 Å². The zero-order valence-corrected chi connectivity index (χ0v) is 17.1. The number of carbonyl (C=O) groups excluding carboxylic acids is 3. The van der Waals surface area contributed by atoms with Crippen molar-refractivity contribution in [3.8, 4) is 0 Å². The largest absolute Gasteiger partial charge is 0.480 e. The number of carboxylic acid groups (broad SMARTS) is 1. The maximum absolute atomic E-state index is 12.8. The third-order valence-electron chi connectivity index (χ3n) is 4.31. The van der Waals surface area contributed by atoms with Crippen LogP contribution in [0, 0.1) is 5.92 Å². The highest BCUT2D eigenvalue weighted by atomic mass is 16.4. The molecular formula is C20H30N4O5. The topological polar surface area (TPSA) is 151 Å². The van der Waals surface area contributed by atoms with Crippen LogP contribution in [0.2, 0.25) is 0 Å². The minimum absolute atomic E-state index is 0.163. The Morgan fingerprint density at radius 1 is 0.897 bits per heavy atom. The van der Waals surface area contributed by atoms with Crippen molar-refractivity contribution < 1.29 is 24.3 Å². The summed E-state index contributed by atoms with van der Waals surface area (Å²) < 4.78 is 0. The van der Waals surface area contributed by atoms with Crippen molar-refractivity contribution >= 4 is 23.7 Å². The predicted octanol–water partition coefficient (Wildman–Crippen LogP) is -0.209. The van der Waals surface area contributed by atoms with Crippen molar-refractivity contribution in [2.45, 2.75) is 58.3 Å². The van der Waals surface area contributed by atoms with Crippen LogP contribution in [0.5, 0.6) is 0 Å². The number of nitrogens with one attached hydrogen (secondary N) is 3. The number of nitrogens with two attached hydrogens (primary N) is 1. The molecule has 0 aromatic heterocycles. The normalized spacial score (nSPS) is 15.0. The van der Waals surface area contributed by atoms with Gasteiger partial charge in [-0.15, -0.1) is 0 Å². The van der Waals surface area contributed by atoms with Gasteiger partial charge in [0.15, 0.2) is 0 Å². The Morgan fingerprint density at radius 3 is 1.97 bits per heavy atom. The lowest BCUT2D eigenvalue weighted by Gasteiger charge is -2.26. The number of hydrogen-bond donors (Lipinski definition) is 5. The summed E-state index contributed by atoms with van der Waals surface area (Å²) in [6.07, 6.45) is 0.163. The van der Waals surface area contributed by atoms with Gasteiger partial charge in [-0.25, -0.2) is 0 Å². The molecule has 0 radical (unpaired) electrons. The first-order valence-corrected chi connectivity index (χ1v) is 9.46. The molecule has 0 saturated carbocycles. The number of hydrogen-bond acceptors (Lipinski definition) is 5. The molecule has 3 amide bonds. The summed E-state index contributed by atoms with van der Waals surface area (Å²) in [5.74, 6) is -3.10. The summed E-state index contributed by atoms with van der Waals surface area (Å²) in [5.41, 5.74) is 6.34. The Bertz CT molecular complexity index is 721. The summed E-state index contributed by atoms with van der Waals surface area (Å²) >= 11 is 0. The van der Waals surface area contributed by atoms with E-state index in [0.29, 0.717) is 0 Å². The van der Waals surface area contributed by atoms with Gasteiger partial charge in [-0.2, -0.15) is 0 Å². The Hall–Kier alpha value is -2.94. The lowest BCUT2D eigenvalue weighted by atomic mass is 10.0. The van der Waals surface area contributed by atoms with Gasteiger partial charge in [-0.1, -0.05) is 44.2 Å². The second-order valence-corrected chi connectivity index (χ2v) is 7.34. The SMILES string of the molecule is CC(N)C(=O)NC(C(=O)NC(Cc1ccccc1)C(=O)NC(C)C(=O)O)C(C)C. The fraction of sp³-hybridized carbons (Fsp3) is 0.500. The lowest BCUT2D eigenvalue weighted by molar-refractivity contribution is -0.141. The first-order chi connectivity index (χ1) is 13.5. The fourth-order valence-corrected chi connectivity index (χ4v) is 2.52. The van der Waals surface area contributed by atoms with Gasteiger partial charge < -0.3 is 26.8 Å². The molecule has 4 unspecified atom stereocenters. The van der Waals surface area contributed by atoms with Gasteiger partial charge in [0.05, 0.1) is 6.04 Å². The van der Waals surface area contributed by atoms with E-state index in [4.69, 9.17) is 10.8 Å². The Balaban J connectivity index is 3.01. The molecule has 0 bridgehead atoms. The highest BCUT2D eigenvalue weighted by Crippen LogP contribution is 2.07. The lowest BCUT2D eigenvalue weighted by Crippen LogP contribution is -2.58. The average molecular weight is 406 g/mol. The van der Waals surface area contributed by atoms with Crippen LogP contribution in [0.4, 0.5) is 0 Å². The average Bonchev–Trinajstić information content (AvgIpc) is 2.65.